The molecule has 0 saturated carbocycles. The van der Waals surface area contributed by atoms with Crippen molar-refractivity contribution in [2.24, 2.45) is 0 Å². The zero-order chi connectivity index (χ0) is 14.0. The van der Waals surface area contributed by atoms with Gasteiger partial charge < -0.3 is 15.2 Å². The normalized spacial score (nSPS) is 19.6. The largest absolute Gasteiger partial charge is 0.495 e. The molecule has 1 aliphatic heterocycles. The van der Waals surface area contributed by atoms with Gasteiger partial charge >= 0.3 is 0 Å². The summed E-state index contributed by atoms with van der Waals surface area (Å²) in [5.41, 5.74) is 6.07. The maximum atomic E-state index is 12.3. The minimum Gasteiger partial charge on any atom is -0.495 e. The van der Waals surface area contributed by atoms with E-state index in [-0.39, 0.29) is 16.7 Å². The highest BCUT2D eigenvalue weighted by molar-refractivity contribution is 9.10. The lowest BCUT2D eigenvalue weighted by Gasteiger charge is -2.15. The fourth-order valence-corrected chi connectivity index (χ4v) is 3.59. The zero-order valence-corrected chi connectivity index (χ0v) is 12.8. The lowest BCUT2D eigenvalue weighted by molar-refractivity contribution is 0.192. The molecule has 0 bridgehead atoms. The van der Waals surface area contributed by atoms with E-state index in [2.05, 4.69) is 20.7 Å². The maximum Gasteiger partial charge on any atom is 0.244 e. The van der Waals surface area contributed by atoms with E-state index in [4.69, 9.17) is 15.2 Å². The number of halogens is 1. The topological polar surface area (TPSA) is 90.7 Å². The van der Waals surface area contributed by atoms with Gasteiger partial charge in [-0.3, -0.25) is 0 Å². The van der Waals surface area contributed by atoms with E-state index in [1.807, 2.05) is 0 Å². The summed E-state index contributed by atoms with van der Waals surface area (Å²) in [5.74, 6) is 0.243. The molecule has 1 fully saturated rings. The van der Waals surface area contributed by atoms with E-state index in [0.29, 0.717) is 29.8 Å². The van der Waals surface area contributed by atoms with E-state index >= 15 is 0 Å². The fraction of sp³-hybridized carbons (Fsp3) is 0.455. The minimum absolute atomic E-state index is 0.0302. The Bertz CT molecular complexity index is 570. The number of sulfonamides is 1. The lowest BCUT2D eigenvalue weighted by atomic mass is 10.3. The molecular formula is C11H15BrN2O4S. The summed E-state index contributed by atoms with van der Waals surface area (Å²) in [4.78, 5) is 0.0302. The molecule has 0 aliphatic carbocycles. The van der Waals surface area contributed by atoms with Gasteiger partial charge in [0.2, 0.25) is 10.0 Å². The molecule has 0 radical (unpaired) electrons. The zero-order valence-electron chi connectivity index (χ0n) is 10.3. The van der Waals surface area contributed by atoms with E-state index in [1.165, 1.54) is 19.2 Å². The van der Waals surface area contributed by atoms with Gasteiger partial charge in [0.15, 0.2) is 0 Å². The highest BCUT2D eigenvalue weighted by Crippen LogP contribution is 2.32. The van der Waals surface area contributed by atoms with Crippen molar-refractivity contribution in [1.29, 1.82) is 0 Å². The van der Waals surface area contributed by atoms with Crippen LogP contribution in [0.3, 0.4) is 0 Å². The standard InChI is InChI=1S/C11H15BrN2O4S/c1-17-10-4-8(12)9(13)5-11(10)19(15,16)14-7-2-3-18-6-7/h4-5,7,14H,2-3,6,13H2,1H3. The molecule has 106 valence electrons. The van der Waals surface area contributed by atoms with Gasteiger partial charge in [0.1, 0.15) is 10.6 Å². The molecule has 0 aromatic heterocycles. The Hall–Kier alpha value is -0.830. The summed E-state index contributed by atoms with van der Waals surface area (Å²) < 4.78 is 38.1. The van der Waals surface area contributed by atoms with Gasteiger partial charge in [-0.05, 0) is 34.5 Å². The molecule has 2 rings (SSSR count). The minimum atomic E-state index is -3.68. The van der Waals surface area contributed by atoms with Crippen molar-refractivity contribution in [2.75, 3.05) is 26.1 Å². The van der Waals surface area contributed by atoms with Crippen molar-refractivity contribution < 1.29 is 17.9 Å². The average Bonchev–Trinajstić information content (AvgIpc) is 2.84. The predicted molar refractivity (Wildman–Crippen MR) is 74.7 cm³/mol. The quantitative estimate of drug-likeness (QED) is 0.793. The van der Waals surface area contributed by atoms with E-state index < -0.39 is 10.0 Å². The van der Waals surface area contributed by atoms with Crippen LogP contribution < -0.4 is 15.2 Å². The van der Waals surface area contributed by atoms with Gasteiger partial charge in [0.25, 0.3) is 0 Å². The van der Waals surface area contributed by atoms with E-state index in [1.54, 1.807) is 0 Å². The SMILES string of the molecule is COc1cc(Br)c(N)cc1S(=O)(=O)NC1CCOC1. The summed E-state index contributed by atoms with van der Waals surface area (Å²) in [6.45, 7) is 0.945. The van der Waals surface area contributed by atoms with Gasteiger partial charge in [-0.15, -0.1) is 0 Å². The van der Waals surface area contributed by atoms with Crippen LogP contribution in [-0.4, -0.2) is 34.8 Å². The second-order valence-corrected chi connectivity index (χ2v) is 6.74. The van der Waals surface area contributed by atoms with Crippen LogP contribution >= 0.6 is 15.9 Å². The number of hydrogen-bond acceptors (Lipinski definition) is 5. The number of rotatable bonds is 4. The first-order chi connectivity index (χ1) is 8.94. The molecule has 0 spiro atoms. The number of ether oxygens (including phenoxy) is 2. The Labute approximate surface area is 120 Å². The number of methoxy groups -OCH3 is 1. The Kier molecular flexibility index (Phi) is 4.34. The third kappa shape index (κ3) is 3.19. The first kappa shape index (κ1) is 14.6. The molecule has 1 aliphatic rings. The summed E-state index contributed by atoms with van der Waals surface area (Å²) in [6.07, 6.45) is 0.660. The third-order valence-corrected chi connectivity index (χ3v) is 5.05. The third-order valence-electron chi connectivity index (χ3n) is 2.82. The molecule has 1 heterocycles. The molecule has 6 nitrogen and oxygen atoms in total. The van der Waals surface area contributed by atoms with Crippen LogP contribution in [0.2, 0.25) is 0 Å². The van der Waals surface area contributed by atoms with Crippen LogP contribution in [0, 0.1) is 0 Å². The second kappa shape index (κ2) is 5.66. The molecule has 1 atom stereocenters. The fourth-order valence-electron chi connectivity index (χ4n) is 1.83. The van der Waals surface area contributed by atoms with Crippen LogP contribution in [0.5, 0.6) is 5.75 Å². The van der Waals surface area contributed by atoms with Crippen molar-refractivity contribution in [1.82, 2.24) is 4.72 Å². The Morgan fingerprint density at radius 1 is 1.53 bits per heavy atom. The van der Waals surface area contributed by atoms with Gasteiger partial charge in [0, 0.05) is 22.8 Å². The smallest absolute Gasteiger partial charge is 0.244 e. The summed E-state index contributed by atoms with van der Waals surface area (Å²) >= 11 is 3.24. The van der Waals surface area contributed by atoms with Crippen molar-refractivity contribution in [3.8, 4) is 5.75 Å². The Morgan fingerprint density at radius 3 is 2.84 bits per heavy atom. The molecular weight excluding hydrogens is 336 g/mol. The van der Waals surface area contributed by atoms with Crippen molar-refractivity contribution in [3.63, 3.8) is 0 Å². The number of nitrogens with two attached hydrogens (primary N) is 1. The molecule has 0 amide bonds. The number of hydrogen-bond donors (Lipinski definition) is 2. The number of anilines is 1. The first-order valence-corrected chi connectivity index (χ1v) is 7.94. The van der Waals surface area contributed by atoms with Crippen LogP contribution in [-0.2, 0) is 14.8 Å². The molecule has 3 N–H and O–H groups in total. The van der Waals surface area contributed by atoms with Gasteiger partial charge in [-0.2, -0.15) is 0 Å². The first-order valence-electron chi connectivity index (χ1n) is 5.67. The summed E-state index contributed by atoms with van der Waals surface area (Å²) in [7, 11) is -2.27. The molecule has 1 aromatic carbocycles. The molecule has 1 saturated heterocycles. The Morgan fingerprint density at radius 2 is 2.26 bits per heavy atom. The van der Waals surface area contributed by atoms with E-state index in [0.717, 1.165) is 0 Å². The van der Waals surface area contributed by atoms with Gasteiger partial charge in [-0.1, -0.05) is 0 Å². The van der Waals surface area contributed by atoms with Gasteiger partial charge in [-0.25, -0.2) is 13.1 Å². The van der Waals surface area contributed by atoms with Crippen LogP contribution in [0.1, 0.15) is 6.42 Å². The van der Waals surface area contributed by atoms with Crippen molar-refractivity contribution >= 4 is 31.6 Å². The molecule has 19 heavy (non-hydrogen) atoms. The van der Waals surface area contributed by atoms with E-state index in [9.17, 15) is 8.42 Å². The highest BCUT2D eigenvalue weighted by atomic mass is 79.9. The lowest BCUT2D eigenvalue weighted by Crippen LogP contribution is -2.35. The monoisotopic (exact) mass is 350 g/mol. The molecule has 1 aromatic rings. The molecule has 1 unspecified atom stereocenters. The number of nitrogen functional groups attached to an aromatic ring is 1. The second-order valence-electron chi connectivity index (χ2n) is 4.21. The summed E-state index contributed by atoms with van der Waals surface area (Å²) in [5, 5.41) is 0. The van der Waals surface area contributed by atoms with Crippen molar-refractivity contribution in [2.45, 2.75) is 17.4 Å². The number of benzene rings is 1. The van der Waals surface area contributed by atoms with Crippen LogP contribution in [0.4, 0.5) is 5.69 Å². The maximum absolute atomic E-state index is 12.3. The number of nitrogens with one attached hydrogen (secondary N) is 1. The predicted octanol–water partition coefficient (Wildman–Crippen LogP) is 1.11. The van der Waals surface area contributed by atoms with Crippen molar-refractivity contribution in [3.05, 3.63) is 16.6 Å². The highest BCUT2D eigenvalue weighted by Gasteiger charge is 2.26. The summed E-state index contributed by atoms with van der Waals surface area (Å²) in [6, 6.07) is 2.70. The van der Waals surface area contributed by atoms with Gasteiger partial charge in [0.05, 0.1) is 13.7 Å². The molecule has 8 heteroatoms. The van der Waals surface area contributed by atoms with Crippen LogP contribution in [0.15, 0.2) is 21.5 Å². The average molecular weight is 351 g/mol. The Balaban J connectivity index is 2.36. The van der Waals surface area contributed by atoms with Crippen LogP contribution in [0.25, 0.3) is 0 Å².